The lowest BCUT2D eigenvalue weighted by molar-refractivity contribution is 0.0106. The average molecular weight is 482 g/mol. The van der Waals surface area contributed by atoms with Crippen molar-refractivity contribution in [3.05, 3.63) is 114 Å². The summed E-state index contributed by atoms with van der Waals surface area (Å²) in [5, 5.41) is 6.04. The lowest BCUT2D eigenvalue weighted by Crippen LogP contribution is -2.40. The van der Waals surface area contributed by atoms with Crippen LogP contribution in [0, 0.1) is 0 Å². The van der Waals surface area contributed by atoms with Crippen LogP contribution in [0.3, 0.4) is 0 Å². The summed E-state index contributed by atoms with van der Waals surface area (Å²) in [6.45, 7) is 4.52. The van der Waals surface area contributed by atoms with Crippen LogP contribution in [0.4, 0.5) is 0 Å². The van der Waals surface area contributed by atoms with Gasteiger partial charge in [0.1, 0.15) is 5.75 Å². The van der Waals surface area contributed by atoms with Gasteiger partial charge in [-0.05, 0) is 58.6 Å². The maximum Gasteiger partial charge on any atom is 0.119 e. The second kappa shape index (κ2) is 12.7. The maximum atomic E-state index is 6.45. The van der Waals surface area contributed by atoms with E-state index in [4.69, 9.17) is 14.2 Å². The van der Waals surface area contributed by atoms with E-state index >= 15 is 0 Å². The van der Waals surface area contributed by atoms with Crippen LogP contribution in [0.2, 0.25) is 0 Å². The Morgan fingerprint density at radius 1 is 0.722 bits per heavy atom. The fourth-order valence-electron chi connectivity index (χ4n) is 4.84. The first-order valence-corrected chi connectivity index (χ1v) is 13.0. The largest absolute Gasteiger partial charge is 0.494 e. The van der Waals surface area contributed by atoms with Crippen molar-refractivity contribution >= 4 is 10.8 Å². The van der Waals surface area contributed by atoms with Crippen molar-refractivity contribution in [3.63, 3.8) is 0 Å². The van der Waals surface area contributed by atoms with E-state index in [-0.39, 0.29) is 6.10 Å². The molecule has 1 heterocycles. The Bertz CT molecular complexity index is 1210. The number of rotatable bonds is 11. The van der Waals surface area contributed by atoms with E-state index in [0.717, 1.165) is 31.7 Å². The van der Waals surface area contributed by atoms with E-state index in [1.807, 2.05) is 30.3 Å². The van der Waals surface area contributed by atoms with Crippen LogP contribution in [-0.4, -0.2) is 32.4 Å². The van der Waals surface area contributed by atoms with Gasteiger partial charge in [0.2, 0.25) is 0 Å². The molecule has 4 nitrogen and oxygen atoms in total. The molecule has 0 radical (unpaired) electrons. The summed E-state index contributed by atoms with van der Waals surface area (Å²) in [6, 6.07) is 33.9. The monoisotopic (exact) mass is 481 g/mol. The third-order valence-electron chi connectivity index (χ3n) is 6.83. The van der Waals surface area contributed by atoms with Crippen molar-refractivity contribution in [3.8, 4) is 5.75 Å². The first kappa shape index (κ1) is 24.5. The minimum Gasteiger partial charge on any atom is -0.494 e. The fraction of sp³-hybridized carbons (Fsp3) is 0.312. The highest BCUT2D eigenvalue weighted by Gasteiger charge is 2.27. The van der Waals surface area contributed by atoms with Crippen molar-refractivity contribution in [1.29, 1.82) is 0 Å². The van der Waals surface area contributed by atoms with E-state index in [1.54, 1.807) is 0 Å². The number of fused-ring (bicyclic) bond motifs is 1. The molecule has 1 N–H and O–H groups in total. The summed E-state index contributed by atoms with van der Waals surface area (Å²) in [4.78, 5) is 0. The molecule has 1 saturated heterocycles. The van der Waals surface area contributed by atoms with Crippen LogP contribution in [0.5, 0.6) is 5.75 Å². The Kier molecular flexibility index (Phi) is 8.63. The summed E-state index contributed by atoms with van der Waals surface area (Å²) < 4.78 is 18.0. The lowest BCUT2D eigenvalue weighted by atomic mass is 9.87. The molecular formula is C32H35NO3. The Morgan fingerprint density at radius 3 is 2.36 bits per heavy atom. The molecule has 0 aromatic heterocycles. The zero-order chi connectivity index (χ0) is 24.4. The standard InChI is InChI=1S/C32H35NO3/c1-2-9-30(10-3-1)35-20-6-19-34-23-25-11-15-28(16-12-25)31-17-18-33-22-32(31)36-24-26-13-14-27-7-4-5-8-29(27)21-26/h1-5,7-16,21,31-33H,6,17-20,22-24H2. The molecule has 1 aliphatic heterocycles. The van der Waals surface area contributed by atoms with Crippen molar-refractivity contribution in [2.45, 2.75) is 38.1 Å². The molecule has 4 heteroatoms. The molecule has 1 aliphatic rings. The smallest absolute Gasteiger partial charge is 0.119 e. The highest BCUT2D eigenvalue weighted by molar-refractivity contribution is 5.82. The minimum atomic E-state index is 0.164. The number of ether oxygens (including phenoxy) is 3. The van der Waals surface area contributed by atoms with Gasteiger partial charge in [-0.2, -0.15) is 0 Å². The zero-order valence-electron chi connectivity index (χ0n) is 20.8. The summed E-state index contributed by atoms with van der Waals surface area (Å²) in [6.07, 6.45) is 2.12. The predicted molar refractivity (Wildman–Crippen MR) is 145 cm³/mol. The third-order valence-corrected chi connectivity index (χ3v) is 6.83. The van der Waals surface area contributed by atoms with Crippen LogP contribution < -0.4 is 10.1 Å². The molecule has 0 amide bonds. The molecular weight excluding hydrogens is 446 g/mol. The highest BCUT2D eigenvalue weighted by atomic mass is 16.5. The van der Waals surface area contributed by atoms with Gasteiger partial charge in [-0.3, -0.25) is 0 Å². The van der Waals surface area contributed by atoms with E-state index in [9.17, 15) is 0 Å². The van der Waals surface area contributed by atoms with E-state index in [0.29, 0.717) is 32.3 Å². The average Bonchev–Trinajstić information content (AvgIpc) is 2.95. The fourth-order valence-corrected chi connectivity index (χ4v) is 4.84. The Morgan fingerprint density at radius 2 is 1.50 bits per heavy atom. The van der Waals surface area contributed by atoms with Crippen molar-refractivity contribution in [2.24, 2.45) is 0 Å². The Balaban J connectivity index is 1.09. The predicted octanol–water partition coefficient (Wildman–Crippen LogP) is 6.49. The van der Waals surface area contributed by atoms with Crippen LogP contribution in [0.1, 0.15) is 35.4 Å². The molecule has 186 valence electrons. The molecule has 5 rings (SSSR count). The molecule has 4 aromatic rings. The number of para-hydroxylation sites is 1. The van der Waals surface area contributed by atoms with Crippen LogP contribution in [0.15, 0.2) is 97.1 Å². The lowest BCUT2D eigenvalue weighted by Gasteiger charge is -2.32. The summed E-state index contributed by atoms with van der Waals surface area (Å²) in [7, 11) is 0. The van der Waals surface area contributed by atoms with Crippen LogP contribution in [0.25, 0.3) is 10.8 Å². The van der Waals surface area contributed by atoms with Crippen molar-refractivity contribution in [2.75, 3.05) is 26.3 Å². The van der Waals surface area contributed by atoms with E-state index in [2.05, 4.69) is 72.0 Å². The summed E-state index contributed by atoms with van der Waals surface area (Å²) >= 11 is 0. The van der Waals surface area contributed by atoms with Gasteiger partial charge in [0.05, 0.1) is 32.5 Å². The van der Waals surface area contributed by atoms with Gasteiger partial charge >= 0.3 is 0 Å². The second-order valence-electron chi connectivity index (χ2n) is 9.44. The molecule has 2 unspecified atom stereocenters. The summed E-state index contributed by atoms with van der Waals surface area (Å²) in [5.74, 6) is 1.31. The molecule has 0 aliphatic carbocycles. The van der Waals surface area contributed by atoms with Gasteiger partial charge in [-0.1, -0.05) is 78.9 Å². The molecule has 4 aromatic carbocycles. The number of benzene rings is 4. The van der Waals surface area contributed by atoms with Gasteiger partial charge in [0, 0.05) is 18.9 Å². The van der Waals surface area contributed by atoms with Crippen molar-refractivity contribution < 1.29 is 14.2 Å². The molecule has 2 atom stereocenters. The van der Waals surface area contributed by atoms with E-state index in [1.165, 1.54) is 27.5 Å². The number of nitrogens with one attached hydrogen (secondary N) is 1. The normalized spacial score (nSPS) is 17.8. The Labute approximate surface area is 214 Å². The zero-order valence-corrected chi connectivity index (χ0v) is 20.8. The van der Waals surface area contributed by atoms with Crippen LogP contribution >= 0.6 is 0 Å². The van der Waals surface area contributed by atoms with Gasteiger partial charge in [-0.15, -0.1) is 0 Å². The van der Waals surface area contributed by atoms with Gasteiger partial charge in [0.15, 0.2) is 0 Å². The van der Waals surface area contributed by atoms with Gasteiger partial charge in [-0.25, -0.2) is 0 Å². The molecule has 0 saturated carbocycles. The molecule has 1 fully saturated rings. The number of hydrogen-bond donors (Lipinski definition) is 1. The Hall–Kier alpha value is -3.18. The first-order chi connectivity index (χ1) is 17.8. The maximum absolute atomic E-state index is 6.45. The number of hydrogen-bond acceptors (Lipinski definition) is 4. The van der Waals surface area contributed by atoms with Gasteiger partial charge in [0.25, 0.3) is 0 Å². The van der Waals surface area contributed by atoms with Crippen LogP contribution in [-0.2, 0) is 22.7 Å². The number of piperidine rings is 1. The SMILES string of the molecule is c1ccc(OCCCOCc2ccc(C3CCNCC3OCc3ccc4ccccc4c3)cc2)cc1. The molecule has 0 spiro atoms. The van der Waals surface area contributed by atoms with Crippen molar-refractivity contribution in [1.82, 2.24) is 5.32 Å². The topological polar surface area (TPSA) is 39.7 Å². The third kappa shape index (κ3) is 6.73. The highest BCUT2D eigenvalue weighted by Crippen LogP contribution is 2.29. The second-order valence-corrected chi connectivity index (χ2v) is 9.44. The first-order valence-electron chi connectivity index (χ1n) is 13.0. The summed E-state index contributed by atoms with van der Waals surface area (Å²) in [5.41, 5.74) is 3.77. The van der Waals surface area contributed by atoms with E-state index < -0.39 is 0 Å². The minimum absolute atomic E-state index is 0.164. The molecule has 0 bridgehead atoms. The molecule has 36 heavy (non-hydrogen) atoms. The van der Waals surface area contributed by atoms with Gasteiger partial charge < -0.3 is 19.5 Å². The quantitative estimate of drug-likeness (QED) is 0.249.